The number of nitrogens with zero attached hydrogens (tertiary/aromatic N) is 3. The van der Waals surface area contributed by atoms with E-state index < -0.39 is 4.92 Å². The third-order valence-electron chi connectivity index (χ3n) is 4.19. The molecular formula is C20H18ClN3O3S2. The summed E-state index contributed by atoms with van der Waals surface area (Å²) in [4.78, 5) is 29.5. The molecule has 0 N–H and O–H groups in total. The Morgan fingerprint density at radius 1 is 1.28 bits per heavy atom. The molecule has 3 aromatic rings. The number of hydrogen-bond acceptors (Lipinski definition) is 6. The number of thioether (sulfide) groups is 1. The van der Waals surface area contributed by atoms with Crippen LogP contribution in [-0.4, -0.2) is 27.8 Å². The minimum Gasteiger partial charge on any atom is -0.337 e. The number of halogens is 1. The van der Waals surface area contributed by atoms with Crippen LogP contribution in [-0.2, 0) is 12.3 Å². The number of carbonyl (C=O) groups is 1. The predicted octanol–water partition coefficient (Wildman–Crippen LogP) is 5.58. The van der Waals surface area contributed by atoms with Crippen molar-refractivity contribution in [2.45, 2.75) is 23.6 Å². The number of amides is 1. The normalized spacial score (nSPS) is 10.7. The van der Waals surface area contributed by atoms with Gasteiger partial charge in [0.15, 0.2) is 0 Å². The van der Waals surface area contributed by atoms with Crippen LogP contribution >= 0.6 is 34.7 Å². The first-order chi connectivity index (χ1) is 13.8. The summed E-state index contributed by atoms with van der Waals surface area (Å²) in [5.41, 5.74) is 2.96. The van der Waals surface area contributed by atoms with Gasteiger partial charge in [-0.3, -0.25) is 14.9 Å². The molecule has 0 radical (unpaired) electrons. The topological polar surface area (TPSA) is 76.3 Å². The number of nitro groups is 1. The van der Waals surface area contributed by atoms with Crippen LogP contribution < -0.4 is 0 Å². The monoisotopic (exact) mass is 447 g/mol. The Morgan fingerprint density at radius 2 is 2.03 bits per heavy atom. The standard InChI is InChI=1S/C20H18ClN3O3S2/c1-13-11-28-20(22-13)29-12-14-5-3-4-6-17(14)19(25)23(2)10-15-9-16(24(26)27)7-8-18(15)21/h3-9,11H,10,12H2,1-2H3. The van der Waals surface area contributed by atoms with Crippen LogP contribution in [0.5, 0.6) is 0 Å². The molecule has 0 aliphatic carbocycles. The molecule has 0 spiro atoms. The first kappa shape index (κ1) is 21.3. The number of aromatic nitrogens is 1. The number of thiazole rings is 1. The first-order valence-electron chi connectivity index (χ1n) is 8.66. The van der Waals surface area contributed by atoms with Crippen molar-refractivity contribution >= 4 is 46.3 Å². The van der Waals surface area contributed by atoms with E-state index >= 15 is 0 Å². The highest BCUT2D eigenvalue weighted by Gasteiger charge is 2.18. The summed E-state index contributed by atoms with van der Waals surface area (Å²) in [7, 11) is 1.66. The van der Waals surface area contributed by atoms with Gasteiger partial charge >= 0.3 is 0 Å². The van der Waals surface area contributed by atoms with Crippen LogP contribution in [0.4, 0.5) is 5.69 Å². The van der Waals surface area contributed by atoms with Crippen molar-refractivity contribution in [3.8, 4) is 0 Å². The number of carbonyl (C=O) groups excluding carboxylic acids is 1. The lowest BCUT2D eigenvalue weighted by Crippen LogP contribution is -2.27. The SMILES string of the molecule is Cc1csc(SCc2ccccc2C(=O)N(C)Cc2cc([N+](=O)[O-])ccc2Cl)n1. The molecule has 150 valence electrons. The molecule has 2 aromatic carbocycles. The number of non-ortho nitro benzene ring substituents is 1. The Kier molecular flexibility index (Phi) is 6.89. The van der Waals surface area contributed by atoms with Gasteiger partial charge < -0.3 is 4.90 Å². The van der Waals surface area contributed by atoms with Crippen LogP contribution in [0.15, 0.2) is 52.2 Å². The molecule has 0 fully saturated rings. The number of hydrogen-bond donors (Lipinski definition) is 0. The fourth-order valence-corrected chi connectivity index (χ4v) is 4.75. The van der Waals surface area contributed by atoms with Crippen molar-refractivity contribution < 1.29 is 9.72 Å². The molecule has 0 bridgehead atoms. The Morgan fingerprint density at radius 3 is 2.72 bits per heavy atom. The van der Waals surface area contributed by atoms with Crippen LogP contribution in [0, 0.1) is 17.0 Å². The zero-order chi connectivity index (χ0) is 21.0. The predicted molar refractivity (Wildman–Crippen MR) is 117 cm³/mol. The molecule has 0 aliphatic heterocycles. The van der Waals surface area contributed by atoms with Crippen molar-refractivity contribution in [3.63, 3.8) is 0 Å². The van der Waals surface area contributed by atoms with Crippen molar-refractivity contribution in [2.75, 3.05) is 7.05 Å². The maximum absolute atomic E-state index is 13.0. The first-order valence-corrected chi connectivity index (χ1v) is 10.9. The van der Waals surface area contributed by atoms with Crippen LogP contribution in [0.25, 0.3) is 0 Å². The van der Waals surface area contributed by atoms with Gasteiger partial charge in [-0.05, 0) is 30.2 Å². The minimum atomic E-state index is -0.478. The van der Waals surface area contributed by atoms with Gasteiger partial charge in [0.2, 0.25) is 0 Å². The summed E-state index contributed by atoms with van der Waals surface area (Å²) in [6.07, 6.45) is 0. The van der Waals surface area contributed by atoms with E-state index in [1.54, 1.807) is 36.2 Å². The van der Waals surface area contributed by atoms with Crippen LogP contribution in [0.1, 0.15) is 27.2 Å². The van der Waals surface area contributed by atoms with E-state index in [0.717, 1.165) is 15.6 Å². The molecule has 1 heterocycles. The molecule has 29 heavy (non-hydrogen) atoms. The molecular weight excluding hydrogens is 430 g/mol. The molecule has 1 aromatic heterocycles. The summed E-state index contributed by atoms with van der Waals surface area (Å²) in [5, 5.41) is 13.4. The van der Waals surface area contributed by atoms with Gasteiger partial charge in [0.1, 0.15) is 4.34 Å². The molecule has 0 aliphatic rings. The molecule has 1 amide bonds. The lowest BCUT2D eigenvalue weighted by atomic mass is 10.1. The average Bonchev–Trinajstić information content (AvgIpc) is 3.12. The van der Waals surface area contributed by atoms with Gasteiger partial charge in [0.05, 0.1) is 4.92 Å². The third kappa shape index (κ3) is 5.35. The number of aryl methyl sites for hydroxylation is 1. The molecule has 6 nitrogen and oxygen atoms in total. The summed E-state index contributed by atoms with van der Waals surface area (Å²) in [6.45, 7) is 2.12. The van der Waals surface area contributed by atoms with E-state index in [-0.39, 0.29) is 18.1 Å². The summed E-state index contributed by atoms with van der Waals surface area (Å²) >= 11 is 9.35. The van der Waals surface area contributed by atoms with Crippen molar-refractivity contribution in [1.29, 1.82) is 0 Å². The summed E-state index contributed by atoms with van der Waals surface area (Å²) in [6, 6.07) is 11.7. The van der Waals surface area contributed by atoms with E-state index in [1.807, 2.05) is 30.5 Å². The average molecular weight is 448 g/mol. The highest BCUT2D eigenvalue weighted by Crippen LogP contribution is 2.28. The fourth-order valence-electron chi connectivity index (χ4n) is 2.72. The highest BCUT2D eigenvalue weighted by atomic mass is 35.5. The zero-order valence-electron chi connectivity index (χ0n) is 15.8. The molecule has 9 heteroatoms. The van der Waals surface area contributed by atoms with Gasteiger partial charge in [0, 0.05) is 53.1 Å². The van der Waals surface area contributed by atoms with Gasteiger partial charge in [-0.25, -0.2) is 4.98 Å². The molecule has 0 saturated heterocycles. The minimum absolute atomic E-state index is 0.0548. The van der Waals surface area contributed by atoms with Gasteiger partial charge in [-0.2, -0.15) is 0 Å². The second-order valence-corrected chi connectivity index (χ2v) is 8.88. The Labute approximate surface area is 181 Å². The number of rotatable bonds is 7. The maximum Gasteiger partial charge on any atom is 0.269 e. The van der Waals surface area contributed by atoms with E-state index in [9.17, 15) is 14.9 Å². The third-order valence-corrected chi connectivity index (χ3v) is 6.75. The smallest absolute Gasteiger partial charge is 0.269 e. The second-order valence-electron chi connectivity index (χ2n) is 6.39. The largest absolute Gasteiger partial charge is 0.337 e. The van der Waals surface area contributed by atoms with Crippen molar-refractivity contribution in [2.24, 2.45) is 0 Å². The molecule has 0 saturated carbocycles. The Bertz CT molecular complexity index is 1050. The summed E-state index contributed by atoms with van der Waals surface area (Å²) < 4.78 is 0.960. The van der Waals surface area contributed by atoms with E-state index in [1.165, 1.54) is 23.1 Å². The van der Waals surface area contributed by atoms with Gasteiger partial charge in [-0.1, -0.05) is 41.6 Å². The van der Waals surface area contributed by atoms with E-state index in [0.29, 0.717) is 21.9 Å². The van der Waals surface area contributed by atoms with Gasteiger partial charge in [0.25, 0.3) is 11.6 Å². The summed E-state index contributed by atoms with van der Waals surface area (Å²) in [5.74, 6) is 0.458. The van der Waals surface area contributed by atoms with Gasteiger partial charge in [-0.15, -0.1) is 11.3 Å². The van der Waals surface area contributed by atoms with E-state index in [4.69, 9.17) is 11.6 Å². The molecule has 3 rings (SSSR count). The van der Waals surface area contributed by atoms with Crippen LogP contribution in [0.3, 0.4) is 0 Å². The highest BCUT2D eigenvalue weighted by molar-refractivity contribution is 8.00. The maximum atomic E-state index is 13.0. The fraction of sp³-hybridized carbons (Fsp3) is 0.200. The second kappa shape index (κ2) is 9.39. The lowest BCUT2D eigenvalue weighted by Gasteiger charge is -2.19. The number of nitro benzene ring substituents is 1. The zero-order valence-corrected chi connectivity index (χ0v) is 18.2. The Balaban J connectivity index is 1.76. The van der Waals surface area contributed by atoms with Crippen LogP contribution in [0.2, 0.25) is 5.02 Å². The number of benzene rings is 2. The molecule has 0 unspecified atom stereocenters. The Hall–Kier alpha value is -2.42. The van der Waals surface area contributed by atoms with E-state index in [2.05, 4.69) is 4.98 Å². The van der Waals surface area contributed by atoms with Crippen molar-refractivity contribution in [3.05, 3.63) is 85.4 Å². The lowest BCUT2D eigenvalue weighted by molar-refractivity contribution is -0.384. The molecule has 0 atom stereocenters. The van der Waals surface area contributed by atoms with Crippen molar-refractivity contribution in [1.82, 2.24) is 9.88 Å². The quantitative estimate of drug-likeness (QED) is 0.268.